The molecule has 0 heterocycles. The third kappa shape index (κ3) is 4.81. The predicted octanol–water partition coefficient (Wildman–Crippen LogP) is 5.04. The van der Waals surface area contributed by atoms with E-state index >= 15 is 0 Å². The molecule has 0 spiro atoms. The van der Waals surface area contributed by atoms with Crippen LogP contribution in [-0.2, 0) is 0 Å². The fraction of sp³-hybridized carbons (Fsp3) is 0.684. The Morgan fingerprint density at radius 1 is 1.19 bits per heavy atom. The van der Waals surface area contributed by atoms with Gasteiger partial charge in [0.25, 0.3) is 0 Å². The van der Waals surface area contributed by atoms with Crippen molar-refractivity contribution >= 4 is 0 Å². The second-order valence-electron chi connectivity index (χ2n) is 7.06. The van der Waals surface area contributed by atoms with Crippen molar-refractivity contribution in [2.24, 2.45) is 11.8 Å². The van der Waals surface area contributed by atoms with Crippen LogP contribution >= 0.6 is 0 Å². The van der Waals surface area contributed by atoms with Crippen LogP contribution in [0.4, 0.5) is 4.39 Å². The second-order valence-corrected chi connectivity index (χ2v) is 7.06. The van der Waals surface area contributed by atoms with Crippen LogP contribution in [0.5, 0.6) is 0 Å². The molecule has 1 saturated carbocycles. The zero-order valence-electron chi connectivity index (χ0n) is 13.8. The minimum atomic E-state index is -0.112. The number of nitrogens with one attached hydrogen (secondary N) is 1. The smallest absolute Gasteiger partial charge is 0.123 e. The Morgan fingerprint density at radius 2 is 1.95 bits per heavy atom. The van der Waals surface area contributed by atoms with Crippen molar-refractivity contribution in [1.82, 2.24) is 5.32 Å². The van der Waals surface area contributed by atoms with Gasteiger partial charge in [-0.25, -0.2) is 4.39 Å². The van der Waals surface area contributed by atoms with Crippen molar-refractivity contribution in [2.45, 2.75) is 58.8 Å². The molecule has 1 fully saturated rings. The molecule has 2 unspecified atom stereocenters. The highest BCUT2D eigenvalue weighted by atomic mass is 19.1. The van der Waals surface area contributed by atoms with Crippen LogP contribution in [-0.4, -0.2) is 13.1 Å². The summed E-state index contributed by atoms with van der Waals surface area (Å²) in [7, 11) is 0. The summed E-state index contributed by atoms with van der Waals surface area (Å²) < 4.78 is 13.4. The van der Waals surface area contributed by atoms with E-state index in [0.29, 0.717) is 17.8 Å². The quantitative estimate of drug-likeness (QED) is 0.749. The molecule has 1 aliphatic rings. The summed E-state index contributed by atoms with van der Waals surface area (Å²) in [6, 6.07) is 5.35. The molecule has 1 nitrogen and oxygen atoms in total. The van der Waals surface area contributed by atoms with Crippen LogP contribution in [0.3, 0.4) is 0 Å². The summed E-state index contributed by atoms with van der Waals surface area (Å²) in [5.74, 6) is 1.87. The van der Waals surface area contributed by atoms with Gasteiger partial charge in [0, 0.05) is 0 Å². The van der Waals surface area contributed by atoms with Crippen molar-refractivity contribution in [3.8, 4) is 0 Å². The standard InChI is InChI=1S/C19H30FN/c1-14(2)12-21-13-16-7-5-4-6-8-19(16)18-10-9-17(20)11-15(18)3/h9-11,14,16,19,21H,4-8,12-13H2,1-3H3. The van der Waals surface area contributed by atoms with E-state index in [1.54, 1.807) is 12.1 Å². The lowest BCUT2D eigenvalue weighted by molar-refractivity contribution is 0.365. The maximum absolute atomic E-state index is 13.4. The normalized spacial score (nSPS) is 23.3. The number of hydrogen-bond donors (Lipinski definition) is 1. The molecule has 0 bridgehead atoms. The Balaban J connectivity index is 2.11. The van der Waals surface area contributed by atoms with Crippen LogP contribution in [0.25, 0.3) is 0 Å². The van der Waals surface area contributed by atoms with Gasteiger partial charge in [0.2, 0.25) is 0 Å². The van der Waals surface area contributed by atoms with Crippen molar-refractivity contribution in [2.75, 3.05) is 13.1 Å². The molecule has 1 aliphatic carbocycles. The Hall–Kier alpha value is -0.890. The molecule has 21 heavy (non-hydrogen) atoms. The van der Waals surface area contributed by atoms with E-state index in [2.05, 4.69) is 26.1 Å². The fourth-order valence-electron chi connectivity index (χ4n) is 3.65. The van der Waals surface area contributed by atoms with E-state index in [1.165, 1.54) is 37.7 Å². The molecule has 0 aliphatic heterocycles. The number of benzene rings is 1. The lowest BCUT2D eigenvalue weighted by Gasteiger charge is -2.27. The Bertz CT molecular complexity index is 441. The van der Waals surface area contributed by atoms with Crippen LogP contribution in [0, 0.1) is 24.6 Å². The summed E-state index contributed by atoms with van der Waals surface area (Å²) in [5.41, 5.74) is 2.49. The van der Waals surface area contributed by atoms with Gasteiger partial charge in [-0.05, 0) is 73.9 Å². The minimum absolute atomic E-state index is 0.112. The Morgan fingerprint density at radius 3 is 2.67 bits per heavy atom. The SMILES string of the molecule is Cc1cc(F)ccc1C1CCCCCC1CNCC(C)C. The van der Waals surface area contributed by atoms with Gasteiger partial charge in [-0.2, -0.15) is 0 Å². The van der Waals surface area contributed by atoms with Crippen LogP contribution < -0.4 is 5.32 Å². The molecule has 1 aromatic rings. The molecule has 2 atom stereocenters. The molecule has 1 aromatic carbocycles. The zero-order valence-corrected chi connectivity index (χ0v) is 13.8. The predicted molar refractivity (Wildman–Crippen MR) is 88.2 cm³/mol. The van der Waals surface area contributed by atoms with E-state index in [9.17, 15) is 4.39 Å². The van der Waals surface area contributed by atoms with Gasteiger partial charge in [-0.3, -0.25) is 0 Å². The average molecular weight is 291 g/mol. The van der Waals surface area contributed by atoms with E-state index in [-0.39, 0.29) is 5.82 Å². The summed E-state index contributed by atoms with van der Waals surface area (Å²) in [4.78, 5) is 0. The lowest BCUT2D eigenvalue weighted by atomic mass is 9.80. The molecule has 118 valence electrons. The van der Waals surface area contributed by atoms with Gasteiger partial charge in [-0.15, -0.1) is 0 Å². The van der Waals surface area contributed by atoms with Crippen molar-refractivity contribution in [3.05, 3.63) is 35.1 Å². The molecule has 0 saturated heterocycles. The maximum Gasteiger partial charge on any atom is 0.123 e. The van der Waals surface area contributed by atoms with Gasteiger partial charge in [0.05, 0.1) is 0 Å². The molecule has 0 aromatic heterocycles. The summed E-state index contributed by atoms with van der Waals surface area (Å²) >= 11 is 0. The van der Waals surface area contributed by atoms with Crippen LogP contribution in [0.2, 0.25) is 0 Å². The monoisotopic (exact) mass is 291 g/mol. The van der Waals surface area contributed by atoms with E-state index in [1.807, 2.05) is 6.07 Å². The summed E-state index contributed by atoms with van der Waals surface area (Å²) in [5, 5.41) is 3.64. The molecule has 0 radical (unpaired) electrons. The fourth-order valence-corrected chi connectivity index (χ4v) is 3.65. The van der Waals surface area contributed by atoms with Gasteiger partial charge in [-0.1, -0.05) is 39.2 Å². The molecule has 2 heteroatoms. The molecular weight excluding hydrogens is 261 g/mol. The Kier molecular flexibility index (Phi) is 6.22. The lowest BCUT2D eigenvalue weighted by Crippen LogP contribution is -2.29. The number of rotatable bonds is 5. The van der Waals surface area contributed by atoms with Crippen LogP contribution in [0.15, 0.2) is 18.2 Å². The van der Waals surface area contributed by atoms with Crippen LogP contribution in [0.1, 0.15) is 63.0 Å². The first kappa shape index (κ1) is 16.5. The van der Waals surface area contributed by atoms with E-state index in [4.69, 9.17) is 0 Å². The first-order valence-corrected chi connectivity index (χ1v) is 8.54. The average Bonchev–Trinajstić information content (AvgIpc) is 2.64. The minimum Gasteiger partial charge on any atom is -0.316 e. The molecular formula is C19H30FN. The highest BCUT2D eigenvalue weighted by Gasteiger charge is 2.26. The number of halogens is 1. The molecule has 1 N–H and O–H groups in total. The molecule has 0 amide bonds. The van der Waals surface area contributed by atoms with Crippen molar-refractivity contribution in [1.29, 1.82) is 0 Å². The summed E-state index contributed by atoms with van der Waals surface area (Å²) in [6.07, 6.45) is 6.54. The zero-order chi connectivity index (χ0) is 15.2. The first-order chi connectivity index (χ1) is 10.1. The number of hydrogen-bond acceptors (Lipinski definition) is 1. The maximum atomic E-state index is 13.4. The Labute approximate surface area is 129 Å². The van der Waals surface area contributed by atoms with Gasteiger partial charge in [0.15, 0.2) is 0 Å². The number of aryl methyl sites for hydroxylation is 1. The largest absolute Gasteiger partial charge is 0.316 e. The third-order valence-corrected chi connectivity index (χ3v) is 4.75. The summed E-state index contributed by atoms with van der Waals surface area (Å²) in [6.45, 7) is 8.75. The van der Waals surface area contributed by atoms with Gasteiger partial charge >= 0.3 is 0 Å². The topological polar surface area (TPSA) is 12.0 Å². The highest BCUT2D eigenvalue weighted by Crippen LogP contribution is 2.37. The van der Waals surface area contributed by atoms with E-state index < -0.39 is 0 Å². The van der Waals surface area contributed by atoms with Gasteiger partial charge < -0.3 is 5.32 Å². The van der Waals surface area contributed by atoms with E-state index in [0.717, 1.165) is 18.7 Å². The first-order valence-electron chi connectivity index (χ1n) is 8.54. The van der Waals surface area contributed by atoms with Crippen molar-refractivity contribution < 1.29 is 4.39 Å². The van der Waals surface area contributed by atoms with Crippen molar-refractivity contribution in [3.63, 3.8) is 0 Å². The molecule has 2 rings (SSSR count). The third-order valence-electron chi connectivity index (χ3n) is 4.75. The van der Waals surface area contributed by atoms with Gasteiger partial charge in [0.1, 0.15) is 5.82 Å². The second kappa shape index (κ2) is 7.93. The highest BCUT2D eigenvalue weighted by molar-refractivity contribution is 5.30.